The molecule has 0 saturated carbocycles. The highest BCUT2D eigenvalue weighted by atomic mass is 15.1. The van der Waals surface area contributed by atoms with Crippen molar-refractivity contribution in [1.82, 2.24) is 9.13 Å². The van der Waals surface area contributed by atoms with Crippen molar-refractivity contribution in [3.63, 3.8) is 0 Å². The minimum atomic E-state index is 0.536. The van der Waals surface area contributed by atoms with Crippen molar-refractivity contribution in [2.24, 2.45) is 14.1 Å². The standard InChI is InChI=1S/C12H20N4/c1-12(16-9-7-14(3)11-16)4-5-15-8-6-13(2)10-15/h6-12H,4-5H2,1-3H3/q+2. The SMILES string of the molecule is CC(CCn1cc[n+](C)c1)n1cc[n+](C)c1. The average Bonchev–Trinajstić information content (AvgIpc) is 2.84. The second-order valence-corrected chi connectivity index (χ2v) is 4.48. The molecule has 0 N–H and O–H groups in total. The molecule has 0 radical (unpaired) electrons. The second kappa shape index (κ2) is 4.51. The van der Waals surface area contributed by atoms with E-state index in [0.717, 1.165) is 13.0 Å². The van der Waals surface area contributed by atoms with Gasteiger partial charge >= 0.3 is 0 Å². The zero-order valence-electron chi connectivity index (χ0n) is 10.2. The van der Waals surface area contributed by atoms with Gasteiger partial charge in [-0.15, -0.1) is 0 Å². The van der Waals surface area contributed by atoms with E-state index < -0.39 is 0 Å². The first-order valence-corrected chi connectivity index (χ1v) is 5.69. The summed E-state index contributed by atoms with van der Waals surface area (Å²) < 4.78 is 8.62. The zero-order valence-corrected chi connectivity index (χ0v) is 10.2. The van der Waals surface area contributed by atoms with E-state index in [4.69, 9.17) is 0 Å². The minimum absolute atomic E-state index is 0.536. The van der Waals surface area contributed by atoms with Crippen LogP contribution in [-0.4, -0.2) is 9.13 Å². The Morgan fingerprint density at radius 3 is 2.31 bits per heavy atom. The highest BCUT2D eigenvalue weighted by Crippen LogP contribution is 2.09. The van der Waals surface area contributed by atoms with E-state index in [0.29, 0.717) is 6.04 Å². The lowest BCUT2D eigenvalue weighted by molar-refractivity contribution is -0.671. The van der Waals surface area contributed by atoms with Crippen molar-refractivity contribution < 1.29 is 9.13 Å². The maximum atomic E-state index is 2.25. The molecule has 0 fully saturated rings. The number of aromatic nitrogens is 4. The van der Waals surface area contributed by atoms with Crippen LogP contribution in [-0.2, 0) is 20.6 Å². The summed E-state index contributed by atoms with van der Waals surface area (Å²) in [4.78, 5) is 0. The molecule has 2 aromatic rings. The van der Waals surface area contributed by atoms with Crippen molar-refractivity contribution in [2.45, 2.75) is 25.9 Å². The average molecular weight is 220 g/mol. The topological polar surface area (TPSA) is 17.6 Å². The summed E-state index contributed by atoms with van der Waals surface area (Å²) in [6.45, 7) is 3.31. The van der Waals surface area contributed by atoms with Crippen molar-refractivity contribution in [3.05, 3.63) is 37.4 Å². The molecule has 4 nitrogen and oxygen atoms in total. The first-order chi connectivity index (χ1) is 7.65. The summed E-state index contributed by atoms with van der Waals surface area (Å²) in [5.74, 6) is 0. The fraction of sp³-hybridized carbons (Fsp3) is 0.500. The summed E-state index contributed by atoms with van der Waals surface area (Å²) in [5.41, 5.74) is 0. The van der Waals surface area contributed by atoms with E-state index >= 15 is 0 Å². The molecule has 1 atom stereocenters. The Morgan fingerprint density at radius 1 is 1.06 bits per heavy atom. The molecule has 0 saturated heterocycles. The molecular weight excluding hydrogens is 200 g/mol. The van der Waals surface area contributed by atoms with Crippen LogP contribution in [0.15, 0.2) is 37.4 Å². The molecule has 0 amide bonds. The van der Waals surface area contributed by atoms with Gasteiger partial charge in [0.1, 0.15) is 30.8 Å². The lowest BCUT2D eigenvalue weighted by atomic mass is 10.2. The van der Waals surface area contributed by atoms with Gasteiger partial charge in [-0.2, -0.15) is 0 Å². The van der Waals surface area contributed by atoms with E-state index in [-0.39, 0.29) is 0 Å². The van der Waals surface area contributed by atoms with Crippen LogP contribution in [0.2, 0.25) is 0 Å². The van der Waals surface area contributed by atoms with Gasteiger partial charge in [-0.05, 0) is 6.92 Å². The first kappa shape index (κ1) is 10.9. The van der Waals surface area contributed by atoms with Gasteiger partial charge in [-0.1, -0.05) is 0 Å². The monoisotopic (exact) mass is 220 g/mol. The Hall–Kier alpha value is -1.58. The molecule has 16 heavy (non-hydrogen) atoms. The van der Waals surface area contributed by atoms with E-state index in [1.54, 1.807) is 0 Å². The quantitative estimate of drug-likeness (QED) is 0.671. The number of hydrogen-bond acceptors (Lipinski definition) is 0. The Labute approximate surface area is 96.4 Å². The molecule has 4 heteroatoms. The maximum Gasteiger partial charge on any atom is 0.243 e. The highest BCUT2D eigenvalue weighted by molar-refractivity contribution is 4.74. The zero-order chi connectivity index (χ0) is 11.5. The molecule has 1 unspecified atom stereocenters. The fourth-order valence-corrected chi connectivity index (χ4v) is 1.85. The summed E-state index contributed by atoms with van der Waals surface area (Å²) >= 11 is 0. The predicted octanol–water partition coefficient (Wildman–Crippen LogP) is 0.590. The van der Waals surface area contributed by atoms with Crippen LogP contribution in [0.4, 0.5) is 0 Å². The number of rotatable bonds is 4. The Bertz CT molecular complexity index is 455. The van der Waals surface area contributed by atoms with E-state index in [9.17, 15) is 0 Å². The fourth-order valence-electron chi connectivity index (χ4n) is 1.85. The molecular formula is C12H20N4+2. The number of aryl methyl sites for hydroxylation is 3. The lowest BCUT2D eigenvalue weighted by Crippen LogP contribution is -2.24. The second-order valence-electron chi connectivity index (χ2n) is 4.48. The molecule has 0 bridgehead atoms. The van der Waals surface area contributed by atoms with Gasteiger partial charge < -0.3 is 0 Å². The Morgan fingerprint density at radius 2 is 1.75 bits per heavy atom. The van der Waals surface area contributed by atoms with Gasteiger partial charge in [0.25, 0.3) is 0 Å². The van der Waals surface area contributed by atoms with Gasteiger partial charge in [-0.25, -0.2) is 18.3 Å². The van der Waals surface area contributed by atoms with Crippen molar-refractivity contribution in [2.75, 3.05) is 0 Å². The van der Waals surface area contributed by atoms with E-state index in [2.05, 4.69) is 69.7 Å². The molecule has 0 aliphatic rings. The van der Waals surface area contributed by atoms with E-state index in [1.807, 2.05) is 7.05 Å². The number of nitrogens with zero attached hydrogens (tertiary/aromatic N) is 4. The molecule has 0 aromatic carbocycles. The van der Waals surface area contributed by atoms with Crippen LogP contribution in [0, 0.1) is 0 Å². The number of imidazole rings is 2. The Balaban J connectivity index is 1.91. The maximum absolute atomic E-state index is 2.25. The number of hydrogen-bond donors (Lipinski definition) is 0. The third-order valence-electron chi connectivity index (χ3n) is 2.93. The van der Waals surface area contributed by atoms with Crippen LogP contribution in [0.1, 0.15) is 19.4 Å². The van der Waals surface area contributed by atoms with Gasteiger partial charge in [0.15, 0.2) is 0 Å². The van der Waals surface area contributed by atoms with Crippen LogP contribution in [0.3, 0.4) is 0 Å². The van der Waals surface area contributed by atoms with Gasteiger partial charge in [-0.3, -0.25) is 0 Å². The lowest BCUT2D eigenvalue weighted by Gasteiger charge is -2.05. The molecule has 86 valence electrons. The largest absolute Gasteiger partial charge is 0.243 e. The Kier molecular flexibility index (Phi) is 3.08. The summed E-state index contributed by atoms with van der Waals surface area (Å²) in [6.07, 6.45) is 13.8. The van der Waals surface area contributed by atoms with Crippen LogP contribution >= 0.6 is 0 Å². The third kappa shape index (κ3) is 2.51. The van der Waals surface area contributed by atoms with Crippen LogP contribution in [0.5, 0.6) is 0 Å². The normalized spacial score (nSPS) is 12.9. The molecule has 2 heterocycles. The van der Waals surface area contributed by atoms with Gasteiger partial charge in [0.05, 0.1) is 20.6 Å². The molecule has 2 aromatic heterocycles. The molecule has 2 rings (SSSR count). The summed E-state index contributed by atoms with van der Waals surface area (Å²) in [7, 11) is 4.10. The molecule has 0 aliphatic carbocycles. The predicted molar refractivity (Wildman–Crippen MR) is 60.5 cm³/mol. The minimum Gasteiger partial charge on any atom is -0.240 e. The van der Waals surface area contributed by atoms with Crippen LogP contribution < -0.4 is 9.13 Å². The van der Waals surface area contributed by atoms with Crippen molar-refractivity contribution >= 4 is 0 Å². The van der Waals surface area contributed by atoms with Crippen LogP contribution in [0.25, 0.3) is 0 Å². The summed E-state index contributed by atoms with van der Waals surface area (Å²) in [6, 6.07) is 0.536. The van der Waals surface area contributed by atoms with Crippen molar-refractivity contribution in [1.29, 1.82) is 0 Å². The summed E-state index contributed by atoms with van der Waals surface area (Å²) in [5, 5.41) is 0. The molecule has 0 aliphatic heterocycles. The first-order valence-electron chi connectivity index (χ1n) is 5.69. The van der Waals surface area contributed by atoms with Crippen molar-refractivity contribution in [3.8, 4) is 0 Å². The molecule has 0 spiro atoms. The third-order valence-corrected chi connectivity index (χ3v) is 2.93. The van der Waals surface area contributed by atoms with Gasteiger partial charge in [0, 0.05) is 6.42 Å². The highest BCUT2D eigenvalue weighted by Gasteiger charge is 2.12. The van der Waals surface area contributed by atoms with E-state index in [1.165, 1.54) is 0 Å². The van der Waals surface area contributed by atoms with Gasteiger partial charge in [0.2, 0.25) is 12.7 Å². The smallest absolute Gasteiger partial charge is 0.240 e.